The molecule has 1 N–H and O–H groups in total. The smallest absolute Gasteiger partial charge is 0.338 e. The number of sulfonamides is 1. The van der Waals surface area contributed by atoms with Crippen molar-refractivity contribution in [3.63, 3.8) is 0 Å². The van der Waals surface area contributed by atoms with Gasteiger partial charge in [0.1, 0.15) is 23.7 Å². The third-order valence-electron chi connectivity index (χ3n) is 5.35. The average molecular weight is 496 g/mol. The molecular formula is C25H21NO8S. The number of benzene rings is 3. The van der Waals surface area contributed by atoms with E-state index in [0.29, 0.717) is 22.4 Å². The van der Waals surface area contributed by atoms with Crippen LogP contribution in [0, 0.1) is 0 Å². The summed E-state index contributed by atoms with van der Waals surface area (Å²) in [6.45, 7) is -0.220. The van der Waals surface area contributed by atoms with Gasteiger partial charge in [-0.1, -0.05) is 12.1 Å². The first kappa shape index (κ1) is 23.8. The van der Waals surface area contributed by atoms with Crippen LogP contribution in [-0.4, -0.2) is 33.7 Å². The largest absolute Gasteiger partial charge is 0.508 e. The molecule has 180 valence electrons. The first-order valence-corrected chi connectivity index (χ1v) is 11.8. The molecule has 0 amide bonds. The van der Waals surface area contributed by atoms with Gasteiger partial charge in [-0.25, -0.2) is 18.0 Å². The molecule has 0 bridgehead atoms. The fourth-order valence-corrected chi connectivity index (χ4v) is 4.71. The number of anilines is 1. The maximum atomic E-state index is 13.1. The Morgan fingerprint density at radius 2 is 1.74 bits per heavy atom. The van der Waals surface area contributed by atoms with Crippen LogP contribution in [0.15, 0.2) is 86.9 Å². The van der Waals surface area contributed by atoms with Crippen LogP contribution < -0.4 is 14.7 Å². The number of carbonyl (C=O) groups excluding carboxylic acids is 1. The zero-order valence-electron chi connectivity index (χ0n) is 18.8. The summed E-state index contributed by atoms with van der Waals surface area (Å²) in [5.74, 6) is -0.371. The van der Waals surface area contributed by atoms with Gasteiger partial charge in [-0.2, -0.15) is 0 Å². The second kappa shape index (κ2) is 9.51. The zero-order valence-corrected chi connectivity index (χ0v) is 19.6. The maximum absolute atomic E-state index is 13.1. The fourth-order valence-electron chi connectivity index (χ4n) is 3.51. The molecule has 0 spiro atoms. The molecule has 10 heteroatoms. The Morgan fingerprint density at radius 3 is 2.46 bits per heavy atom. The van der Waals surface area contributed by atoms with Crippen molar-refractivity contribution < 1.29 is 32.2 Å². The van der Waals surface area contributed by atoms with Gasteiger partial charge in [0, 0.05) is 30.1 Å². The lowest BCUT2D eigenvalue weighted by Gasteiger charge is -2.21. The lowest BCUT2D eigenvalue weighted by Crippen LogP contribution is -2.27. The number of methoxy groups -OCH3 is 1. The highest BCUT2D eigenvalue weighted by Crippen LogP contribution is 2.31. The molecule has 0 aliphatic heterocycles. The van der Waals surface area contributed by atoms with Crippen LogP contribution in [0.4, 0.5) is 5.69 Å². The van der Waals surface area contributed by atoms with E-state index in [4.69, 9.17) is 13.9 Å². The topological polar surface area (TPSA) is 123 Å². The number of hydrogen-bond acceptors (Lipinski definition) is 8. The number of ether oxygens (including phenoxy) is 2. The van der Waals surface area contributed by atoms with Crippen molar-refractivity contribution in [3.8, 4) is 11.5 Å². The Kier molecular flexibility index (Phi) is 6.48. The Bertz CT molecular complexity index is 1560. The third-order valence-corrected chi connectivity index (χ3v) is 7.13. The molecule has 9 nitrogen and oxygen atoms in total. The third kappa shape index (κ3) is 4.82. The van der Waals surface area contributed by atoms with Gasteiger partial charge in [-0.15, -0.1) is 0 Å². The summed E-state index contributed by atoms with van der Waals surface area (Å²) >= 11 is 0. The molecule has 0 radical (unpaired) electrons. The molecule has 3 aromatic carbocycles. The van der Waals surface area contributed by atoms with E-state index in [1.807, 2.05) is 0 Å². The van der Waals surface area contributed by atoms with E-state index in [9.17, 15) is 23.1 Å². The predicted octanol–water partition coefficient (Wildman–Crippen LogP) is 3.69. The van der Waals surface area contributed by atoms with E-state index in [0.717, 1.165) is 4.31 Å². The Balaban J connectivity index is 1.52. The van der Waals surface area contributed by atoms with Crippen molar-refractivity contribution in [2.75, 3.05) is 18.5 Å². The number of para-hydroxylation sites is 2. The van der Waals surface area contributed by atoms with E-state index < -0.39 is 21.6 Å². The minimum absolute atomic E-state index is 0.0195. The van der Waals surface area contributed by atoms with Crippen molar-refractivity contribution in [2.45, 2.75) is 11.5 Å². The highest BCUT2D eigenvalue weighted by atomic mass is 32.2. The first-order chi connectivity index (χ1) is 16.7. The first-order valence-electron chi connectivity index (χ1n) is 10.4. The highest BCUT2D eigenvalue weighted by Gasteiger charge is 2.24. The Morgan fingerprint density at radius 1 is 1.03 bits per heavy atom. The van der Waals surface area contributed by atoms with Gasteiger partial charge in [0.25, 0.3) is 10.0 Å². The molecule has 4 rings (SSSR count). The van der Waals surface area contributed by atoms with E-state index >= 15 is 0 Å². The van der Waals surface area contributed by atoms with Crippen LogP contribution >= 0.6 is 0 Å². The monoisotopic (exact) mass is 495 g/mol. The lowest BCUT2D eigenvalue weighted by molar-refractivity contribution is 0.0473. The number of nitrogens with zero attached hydrogens (tertiary/aromatic N) is 1. The lowest BCUT2D eigenvalue weighted by atomic mass is 10.1. The van der Waals surface area contributed by atoms with Crippen LogP contribution in [0.2, 0.25) is 0 Å². The van der Waals surface area contributed by atoms with Gasteiger partial charge in [-0.3, -0.25) is 4.31 Å². The summed E-state index contributed by atoms with van der Waals surface area (Å²) in [4.78, 5) is 24.3. The molecule has 1 aromatic heterocycles. The summed E-state index contributed by atoms with van der Waals surface area (Å²) in [6, 6.07) is 17.5. The molecule has 35 heavy (non-hydrogen) atoms. The van der Waals surface area contributed by atoms with Gasteiger partial charge in [0.2, 0.25) is 0 Å². The molecule has 0 unspecified atom stereocenters. The second-order valence-electron chi connectivity index (χ2n) is 7.52. The standard InChI is InChI=1S/C25H21NO8S/c1-26(21-5-3-4-6-22(21)32-2)35(30,31)19-10-7-16(8-11-19)25(29)33-15-17-13-24(28)34-23-14-18(27)9-12-20(17)23/h3-14,27H,15H2,1-2H3. The summed E-state index contributed by atoms with van der Waals surface area (Å²) in [7, 11) is -1.05. The second-order valence-corrected chi connectivity index (χ2v) is 9.49. The fraction of sp³-hybridized carbons (Fsp3) is 0.120. The molecule has 0 aliphatic rings. The number of rotatable bonds is 7. The maximum Gasteiger partial charge on any atom is 0.338 e. The summed E-state index contributed by atoms with van der Waals surface area (Å²) in [6.07, 6.45) is 0. The molecule has 0 fully saturated rings. The Labute approximate surface area is 200 Å². The number of aromatic hydroxyl groups is 1. The molecule has 0 atom stereocenters. The van der Waals surface area contributed by atoms with E-state index in [-0.39, 0.29) is 28.4 Å². The summed E-state index contributed by atoms with van der Waals surface area (Å²) in [5.41, 5.74) is 0.419. The van der Waals surface area contributed by atoms with Crippen LogP contribution in [0.3, 0.4) is 0 Å². The van der Waals surface area contributed by atoms with Crippen molar-refractivity contribution >= 4 is 32.6 Å². The molecular weight excluding hydrogens is 474 g/mol. The Hall–Kier alpha value is -4.31. The van der Waals surface area contributed by atoms with Gasteiger partial charge < -0.3 is 19.0 Å². The normalized spacial score (nSPS) is 11.3. The number of carbonyl (C=O) groups is 1. The van der Waals surface area contributed by atoms with Gasteiger partial charge in [0.05, 0.1) is 23.3 Å². The van der Waals surface area contributed by atoms with Gasteiger partial charge >= 0.3 is 11.6 Å². The van der Waals surface area contributed by atoms with Crippen molar-refractivity contribution in [3.05, 3.63) is 94.3 Å². The average Bonchev–Trinajstić information content (AvgIpc) is 2.86. The zero-order chi connectivity index (χ0) is 25.2. The van der Waals surface area contributed by atoms with Gasteiger partial charge in [-0.05, 0) is 48.5 Å². The summed E-state index contributed by atoms with van der Waals surface area (Å²) in [5, 5.41) is 10.1. The van der Waals surface area contributed by atoms with E-state index in [1.165, 1.54) is 56.6 Å². The van der Waals surface area contributed by atoms with E-state index in [2.05, 4.69) is 0 Å². The SMILES string of the molecule is COc1ccccc1N(C)S(=O)(=O)c1ccc(C(=O)OCc2cc(=O)oc3cc(O)ccc23)cc1. The quantitative estimate of drug-likeness (QED) is 0.304. The van der Waals surface area contributed by atoms with Crippen LogP contribution in [0.5, 0.6) is 11.5 Å². The minimum Gasteiger partial charge on any atom is -0.508 e. The molecule has 4 aromatic rings. The van der Waals surface area contributed by atoms with Crippen molar-refractivity contribution in [1.82, 2.24) is 0 Å². The number of esters is 1. The number of phenolic OH excluding ortho intramolecular Hbond substituents is 1. The number of phenols is 1. The summed E-state index contributed by atoms with van der Waals surface area (Å²) < 4.78 is 42.9. The van der Waals surface area contributed by atoms with Gasteiger partial charge in [0.15, 0.2) is 0 Å². The molecule has 0 saturated carbocycles. The van der Waals surface area contributed by atoms with Crippen LogP contribution in [0.25, 0.3) is 11.0 Å². The van der Waals surface area contributed by atoms with Crippen molar-refractivity contribution in [1.29, 1.82) is 0 Å². The van der Waals surface area contributed by atoms with Crippen LogP contribution in [-0.2, 0) is 21.4 Å². The highest BCUT2D eigenvalue weighted by molar-refractivity contribution is 7.92. The molecule has 0 saturated heterocycles. The van der Waals surface area contributed by atoms with E-state index in [1.54, 1.807) is 30.3 Å². The number of fused-ring (bicyclic) bond motifs is 1. The molecule has 0 aliphatic carbocycles. The van der Waals surface area contributed by atoms with Crippen molar-refractivity contribution in [2.24, 2.45) is 0 Å². The molecule has 1 heterocycles. The minimum atomic E-state index is -3.92. The van der Waals surface area contributed by atoms with Crippen LogP contribution in [0.1, 0.15) is 15.9 Å². The predicted molar refractivity (Wildman–Crippen MR) is 128 cm³/mol. The number of hydrogen-bond donors (Lipinski definition) is 1.